The topological polar surface area (TPSA) is 90.9 Å². The quantitative estimate of drug-likeness (QED) is 0.491. The van der Waals surface area contributed by atoms with Crippen LogP contribution in [0.4, 0.5) is 0 Å². The van der Waals surface area contributed by atoms with Crippen LogP contribution in [0, 0.1) is 5.92 Å². The van der Waals surface area contributed by atoms with Crippen LogP contribution in [0.15, 0.2) is 64.3 Å². The Kier molecular flexibility index (Phi) is 6.88. The minimum atomic E-state index is -0.994. The molecule has 3 atom stereocenters. The molecule has 1 aliphatic heterocycles. The highest BCUT2D eigenvalue weighted by Crippen LogP contribution is 2.48. The molecule has 2 heterocycles. The van der Waals surface area contributed by atoms with Crippen molar-refractivity contribution in [2.75, 3.05) is 20.8 Å². The third kappa shape index (κ3) is 4.14. The lowest BCUT2D eigenvalue weighted by molar-refractivity contribution is -0.149. The maximum Gasteiger partial charge on any atom is 0.336 e. The first-order valence-corrected chi connectivity index (χ1v) is 12.0. The van der Waals surface area contributed by atoms with Crippen molar-refractivity contribution in [3.8, 4) is 5.75 Å². The maximum atomic E-state index is 14.0. The van der Waals surface area contributed by atoms with Gasteiger partial charge in [0, 0.05) is 33.7 Å². The molecule has 1 aromatic carbocycles. The first-order valence-electron chi connectivity index (χ1n) is 11.1. The number of dihydropyridines is 1. The lowest BCUT2D eigenvalue weighted by Crippen LogP contribution is -2.43. The highest BCUT2D eigenvalue weighted by Gasteiger charge is 2.49. The Morgan fingerprint density at radius 3 is 2.44 bits per heavy atom. The third-order valence-corrected chi connectivity index (χ3v) is 7.32. The van der Waals surface area contributed by atoms with E-state index in [1.165, 1.54) is 25.6 Å². The van der Waals surface area contributed by atoms with Crippen molar-refractivity contribution >= 4 is 29.1 Å². The number of benzene rings is 1. The van der Waals surface area contributed by atoms with Gasteiger partial charge in [-0.3, -0.25) is 9.59 Å². The summed E-state index contributed by atoms with van der Waals surface area (Å²) < 4.78 is 15.7. The normalized spacial score (nSPS) is 22.1. The SMILES string of the molecule is CCOc1ccc(C2C(C(=O)OC)=C(C)NC3=C2C(=O)C(C(=O)OC)C(c2cccs2)C3)cc1. The van der Waals surface area contributed by atoms with E-state index in [-0.39, 0.29) is 11.7 Å². The van der Waals surface area contributed by atoms with Gasteiger partial charge in [0.25, 0.3) is 0 Å². The summed E-state index contributed by atoms with van der Waals surface area (Å²) in [7, 11) is 2.60. The van der Waals surface area contributed by atoms with Crippen molar-refractivity contribution in [3.05, 3.63) is 74.8 Å². The Bertz CT molecular complexity index is 1160. The summed E-state index contributed by atoms with van der Waals surface area (Å²) in [5.74, 6) is -2.78. The molecule has 7 nitrogen and oxygen atoms in total. The Balaban J connectivity index is 1.87. The highest BCUT2D eigenvalue weighted by atomic mass is 32.1. The van der Waals surface area contributed by atoms with E-state index < -0.39 is 23.8 Å². The Hall–Kier alpha value is -3.39. The van der Waals surface area contributed by atoms with Gasteiger partial charge in [-0.2, -0.15) is 0 Å². The van der Waals surface area contributed by atoms with E-state index in [9.17, 15) is 14.4 Å². The van der Waals surface area contributed by atoms with Crippen LogP contribution in [0.2, 0.25) is 0 Å². The van der Waals surface area contributed by atoms with Gasteiger partial charge in [-0.15, -0.1) is 11.3 Å². The Morgan fingerprint density at radius 2 is 1.85 bits per heavy atom. The van der Waals surface area contributed by atoms with Crippen molar-refractivity contribution in [1.29, 1.82) is 0 Å². The van der Waals surface area contributed by atoms with Crippen LogP contribution in [-0.2, 0) is 23.9 Å². The van der Waals surface area contributed by atoms with Crippen LogP contribution in [0.25, 0.3) is 0 Å². The van der Waals surface area contributed by atoms with E-state index in [2.05, 4.69) is 5.32 Å². The summed E-state index contributed by atoms with van der Waals surface area (Å²) in [4.78, 5) is 40.6. The molecule has 0 radical (unpaired) electrons. The molecule has 2 aromatic rings. The zero-order valence-electron chi connectivity index (χ0n) is 19.5. The first-order chi connectivity index (χ1) is 16.4. The lowest BCUT2D eigenvalue weighted by Gasteiger charge is -2.39. The molecule has 0 saturated carbocycles. The van der Waals surface area contributed by atoms with Crippen molar-refractivity contribution in [2.24, 2.45) is 5.92 Å². The summed E-state index contributed by atoms with van der Waals surface area (Å²) in [6.45, 7) is 4.23. The number of hydrogen-bond donors (Lipinski definition) is 1. The van der Waals surface area contributed by atoms with Crippen LogP contribution in [0.1, 0.15) is 42.5 Å². The van der Waals surface area contributed by atoms with Crippen molar-refractivity contribution in [1.82, 2.24) is 5.32 Å². The number of rotatable bonds is 6. The number of hydrogen-bond acceptors (Lipinski definition) is 8. The van der Waals surface area contributed by atoms with E-state index in [0.29, 0.717) is 41.3 Å². The highest BCUT2D eigenvalue weighted by molar-refractivity contribution is 7.10. The number of thiophene rings is 1. The summed E-state index contributed by atoms with van der Waals surface area (Å²) in [6, 6.07) is 11.1. The van der Waals surface area contributed by atoms with Gasteiger partial charge >= 0.3 is 11.9 Å². The van der Waals surface area contributed by atoms with Gasteiger partial charge in [-0.1, -0.05) is 18.2 Å². The lowest BCUT2D eigenvalue weighted by atomic mass is 9.68. The fraction of sp³-hybridized carbons (Fsp3) is 0.346. The molecule has 1 N–H and O–H groups in total. The minimum absolute atomic E-state index is 0.341. The van der Waals surface area contributed by atoms with Crippen LogP contribution in [-0.4, -0.2) is 38.5 Å². The van der Waals surface area contributed by atoms with Gasteiger partial charge in [0.15, 0.2) is 5.78 Å². The average molecular weight is 482 g/mol. The van der Waals surface area contributed by atoms with Gasteiger partial charge in [0.2, 0.25) is 0 Å². The van der Waals surface area contributed by atoms with Crippen LogP contribution < -0.4 is 10.1 Å². The number of carbonyl (C=O) groups excluding carboxylic acids is 3. The molecule has 0 fully saturated rings. The van der Waals surface area contributed by atoms with Crippen LogP contribution in [0.5, 0.6) is 5.75 Å². The number of nitrogens with one attached hydrogen (secondary N) is 1. The maximum absolute atomic E-state index is 14.0. The van der Waals surface area contributed by atoms with Gasteiger partial charge in [0.1, 0.15) is 11.7 Å². The second-order valence-electron chi connectivity index (χ2n) is 8.17. The first kappa shape index (κ1) is 23.8. The number of methoxy groups -OCH3 is 2. The van der Waals surface area contributed by atoms with Crippen molar-refractivity contribution in [2.45, 2.75) is 32.1 Å². The standard InChI is InChI=1S/C26H27NO6S/c1-5-33-16-10-8-15(9-11-16)21-20(25(29)31-3)14(2)27-18-13-17(19-7-6-12-34-19)22(26(30)32-4)24(28)23(18)21/h6-12,17,21-22,27H,5,13H2,1-4H3. The van der Waals surface area contributed by atoms with E-state index >= 15 is 0 Å². The molecule has 1 aromatic heterocycles. The number of Topliss-reactive ketones (excluding diaryl/α,β-unsaturated/α-hetero) is 1. The number of ketones is 1. The zero-order valence-corrected chi connectivity index (χ0v) is 20.4. The minimum Gasteiger partial charge on any atom is -0.494 e. The van der Waals surface area contributed by atoms with E-state index in [1.54, 1.807) is 6.92 Å². The third-order valence-electron chi connectivity index (χ3n) is 6.31. The fourth-order valence-electron chi connectivity index (χ4n) is 4.84. The molecular weight excluding hydrogens is 454 g/mol. The predicted molar refractivity (Wildman–Crippen MR) is 127 cm³/mol. The summed E-state index contributed by atoms with van der Waals surface area (Å²) in [6.07, 6.45) is 0.445. The second kappa shape index (κ2) is 9.85. The fourth-order valence-corrected chi connectivity index (χ4v) is 5.70. The molecule has 178 valence electrons. The molecule has 34 heavy (non-hydrogen) atoms. The molecule has 0 bridgehead atoms. The van der Waals surface area contributed by atoms with Gasteiger partial charge < -0.3 is 19.5 Å². The van der Waals surface area contributed by atoms with Gasteiger partial charge in [0.05, 0.1) is 26.4 Å². The molecule has 1 aliphatic carbocycles. The predicted octanol–water partition coefficient (Wildman–Crippen LogP) is 4.08. The number of allylic oxidation sites excluding steroid dienone is 3. The number of carbonyl (C=O) groups is 3. The largest absolute Gasteiger partial charge is 0.494 e. The molecule has 4 rings (SSSR count). The average Bonchev–Trinajstić information content (AvgIpc) is 3.38. The Labute approximate surface area is 202 Å². The van der Waals surface area contributed by atoms with Gasteiger partial charge in [-0.05, 0) is 49.4 Å². The molecule has 0 spiro atoms. The van der Waals surface area contributed by atoms with Crippen molar-refractivity contribution < 1.29 is 28.6 Å². The van der Waals surface area contributed by atoms with E-state index in [4.69, 9.17) is 14.2 Å². The smallest absolute Gasteiger partial charge is 0.336 e. The molecule has 0 amide bonds. The Morgan fingerprint density at radius 1 is 1.12 bits per heavy atom. The summed E-state index contributed by atoms with van der Waals surface area (Å²) in [5.41, 5.74) is 2.82. The number of esters is 2. The second-order valence-corrected chi connectivity index (χ2v) is 9.15. The van der Waals surface area contributed by atoms with E-state index in [1.807, 2.05) is 48.7 Å². The monoisotopic (exact) mass is 481 g/mol. The summed E-state index contributed by atoms with van der Waals surface area (Å²) >= 11 is 1.51. The van der Waals surface area contributed by atoms with Crippen LogP contribution >= 0.6 is 11.3 Å². The zero-order chi connectivity index (χ0) is 24.4. The molecular formula is C26H27NO6S. The van der Waals surface area contributed by atoms with E-state index in [0.717, 1.165) is 10.4 Å². The molecule has 0 saturated heterocycles. The van der Waals surface area contributed by atoms with Crippen molar-refractivity contribution in [3.63, 3.8) is 0 Å². The summed E-state index contributed by atoms with van der Waals surface area (Å²) in [5, 5.41) is 5.21. The molecule has 2 aliphatic rings. The van der Waals surface area contributed by atoms with Gasteiger partial charge in [-0.25, -0.2) is 4.79 Å². The van der Waals surface area contributed by atoms with Crippen LogP contribution in [0.3, 0.4) is 0 Å². The number of ether oxygens (including phenoxy) is 3. The molecule has 8 heteroatoms. The molecule has 3 unspecified atom stereocenters.